The van der Waals surface area contributed by atoms with Crippen LogP contribution in [0.4, 0.5) is 4.79 Å². The van der Waals surface area contributed by atoms with Gasteiger partial charge in [0, 0.05) is 16.3 Å². The van der Waals surface area contributed by atoms with E-state index in [0.717, 1.165) is 12.0 Å². The fourth-order valence-corrected chi connectivity index (χ4v) is 3.20. The molecule has 0 aromatic carbocycles. The van der Waals surface area contributed by atoms with E-state index in [1.165, 1.54) is 9.75 Å². The zero-order chi connectivity index (χ0) is 12.6. The SMILES string of the molecule is CCCN1C(=O)NC(=N)C1c1cc(C)sc1C. The molecule has 2 heterocycles. The highest BCUT2D eigenvalue weighted by atomic mass is 32.1. The van der Waals surface area contributed by atoms with Gasteiger partial charge in [0.15, 0.2) is 0 Å². The maximum absolute atomic E-state index is 11.8. The van der Waals surface area contributed by atoms with Crippen molar-refractivity contribution in [1.29, 1.82) is 5.41 Å². The summed E-state index contributed by atoms with van der Waals surface area (Å²) in [4.78, 5) is 15.9. The van der Waals surface area contributed by atoms with Crippen LogP contribution in [0.1, 0.15) is 34.7 Å². The third kappa shape index (κ3) is 2.07. The first-order chi connectivity index (χ1) is 8.04. The van der Waals surface area contributed by atoms with Crippen LogP contribution in [0.2, 0.25) is 0 Å². The minimum atomic E-state index is -0.215. The van der Waals surface area contributed by atoms with Crippen molar-refractivity contribution in [3.63, 3.8) is 0 Å². The van der Waals surface area contributed by atoms with Gasteiger partial charge in [-0.05, 0) is 31.9 Å². The Hall–Kier alpha value is -1.36. The predicted molar refractivity (Wildman–Crippen MR) is 69.8 cm³/mol. The van der Waals surface area contributed by atoms with Crippen LogP contribution in [0.3, 0.4) is 0 Å². The highest BCUT2D eigenvalue weighted by Crippen LogP contribution is 2.33. The average molecular weight is 251 g/mol. The van der Waals surface area contributed by atoms with Crippen LogP contribution >= 0.6 is 11.3 Å². The Morgan fingerprint density at radius 1 is 1.53 bits per heavy atom. The number of carbonyl (C=O) groups excluding carboxylic acids is 1. The molecule has 1 aliphatic heterocycles. The Labute approximate surface area is 105 Å². The molecule has 2 amide bonds. The largest absolute Gasteiger partial charge is 0.323 e. The molecule has 1 aromatic heterocycles. The standard InChI is InChI=1S/C12H17N3OS/c1-4-5-15-10(11(13)14-12(15)16)9-6-7(2)17-8(9)3/h6,10H,4-5H2,1-3H3,(H2,13,14,16). The van der Waals surface area contributed by atoms with E-state index in [-0.39, 0.29) is 12.1 Å². The molecule has 1 fully saturated rings. The Morgan fingerprint density at radius 2 is 2.24 bits per heavy atom. The molecule has 0 radical (unpaired) electrons. The molecule has 0 bridgehead atoms. The van der Waals surface area contributed by atoms with E-state index in [1.807, 2.05) is 13.8 Å². The minimum absolute atomic E-state index is 0.148. The molecule has 2 N–H and O–H groups in total. The van der Waals surface area contributed by atoms with Crippen molar-refractivity contribution in [3.8, 4) is 0 Å². The van der Waals surface area contributed by atoms with Crippen molar-refractivity contribution in [3.05, 3.63) is 21.4 Å². The first kappa shape index (κ1) is 12.1. The number of nitrogens with one attached hydrogen (secondary N) is 2. The highest BCUT2D eigenvalue weighted by Gasteiger charge is 2.37. The van der Waals surface area contributed by atoms with Gasteiger partial charge in [-0.1, -0.05) is 6.92 Å². The lowest BCUT2D eigenvalue weighted by atomic mass is 10.1. The summed E-state index contributed by atoms with van der Waals surface area (Å²) in [5, 5.41) is 10.5. The predicted octanol–water partition coefficient (Wildman–Crippen LogP) is 2.82. The average Bonchev–Trinajstić information content (AvgIpc) is 2.69. The van der Waals surface area contributed by atoms with Crippen LogP contribution in [0.25, 0.3) is 0 Å². The zero-order valence-corrected chi connectivity index (χ0v) is 11.1. The van der Waals surface area contributed by atoms with Gasteiger partial charge >= 0.3 is 6.03 Å². The Bertz CT molecular complexity index is 466. The molecule has 1 saturated heterocycles. The Kier molecular flexibility index (Phi) is 3.19. The molecule has 1 aliphatic rings. The van der Waals surface area contributed by atoms with Gasteiger partial charge in [0.2, 0.25) is 0 Å². The summed E-state index contributed by atoms with van der Waals surface area (Å²) in [5.74, 6) is 0.296. The summed E-state index contributed by atoms with van der Waals surface area (Å²) in [6.45, 7) is 6.83. The fourth-order valence-electron chi connectivity index (χ4n) is 2.25. The van der Waals surface area contributed by atoms with Crippen LogP contribution in [-0.4, -0.2) is 23.3 Å². The van der Waals surface area contributed by atoms with Crippen molar-refractivity contribution in [2.24, 2.45) is 0 Å². The smallest absolute Gasteiger partial charge is 0.310 e. The second-order valence-electron chi connectivity index (χ2n) is 4.31. The van der Waals surface area contributed by atoms with Crippen LogP contribution in [-0.2, 0) is 0 Å². The highest BCUT2D eigenvalue weighted by molar-refractivity contribution is 7.12. The molecule has 5 heteroatoms. The van der Waals surface area contributed by atoms with E-state index in [4.69, 9.17) is 5.41 Å². The van der Waals surface area contributed by atoms with Crippen LogP contribution < -0.4 is 5.32 Å². The maximum Gasteiger partial charge on any atom is 0.323 e. The minimum Gasteiger partial charge on any atom is -0.310 e. The van der Waals surface area contributed by atoms with Crippen LogP contribution in [0.5, 0.6) is 0 Å². The number of amides is 2. The van der Waals surface area contributed by atoms with E-state index in [0.29, 0.717) is 12.4 Å². The van der Waals surface area contributed by atoms with Crippen molar-refractivity contribution < 1.29 is 4.79 Å². The lowest BCUT2D eigenvalue weighted by Gasteiger charge is -2.22. The molecule has 4 nitrogen and oxygen atoms in total. The van der Waals surface area contributed by atoms with Crippen molar-refractivity contribution >= 4 is 23.2 Å². The van der Waals surface area contributed by atoms with Gasteiger partial charge in [0.1, 0.15) is 11.9 Å². The number of rotatable bonds is 3. The molecule has 0 spiro atoms. The summed E-state index contributed by atoms with van der Waals surface area (Å²) in [7, 11) is 0. The van der Waals surface area contributed by atoms with Crippen LogP contribution in [0, 0.1) is 19.3 Å². The third-order valence-corrected chi connectivity index (χ3v) is 3.91. The monoisotopic (exact) mass is 251 g/mol. The summed E-state index contributed by atoms with van der Waals surface area (Å²) in [6, 6.07) is 1.72. The quantitative estimate of drug-likeness (QED) is 0.852. The molecule has 1 aromatic rings. The van der Waals surface area contributed by atoms with Crippen molar-refractivity contribution in [1.82, 2.24) is 10.2 Å². The summed E-state index contributed by atoms with van der Waals surface area (Å²) in [5.41, 5.74) is 1.09. The van der Waals surface area contributed by atoms with Gasteiger partial charge in [0.25, 0.3) is 0 Å². The van der Waals surface area contributed by atoms with Gasteiger partial charge in [-0.15, -0.1) is 11.3 Å². The molecule has 92 valence electrons. The normalized spacial score (nSPS) is 19.9. The second-order valence-corrected chi connectivity index (χ2v) is 5.77. The molecule has 17 heavy (non-hydrogen) atoms. The number of aryl methyl sites for hydroxylation is 2. The third-order valence-electron chi connectivity index (χ3n) is 2.93. The number of hydrogen-bond donors (Lipinski definition) is 2. The van der Waals surface area contributed by atoms with E-state index >= 15 is 0 Å². The number of hydrogen-bond acceptors (Lipinski definition) is 3. The Morgan fingerprint density at radius 3 is 2.76 bits per heavy atom. The van der Waals surface area contributed by atoms with Gasteiger partial charge in [-0.2, -0.15) is 0 Å². The lowest BCUT2D eigenvalue weighted by Crippen LogP contribution is -2.30. The number of amidine groups is 1. The summed E-state index contributed by atoms with van der Waals surface area (Å²) >= 11 is 1.72. The number of thiophene rings is 1. The van der Waals surface area contributed by atoms with E-state index in [2.05, 4.69) is 18.3 Å². The van der Waals surface area contributed by atoms with Crippen LogP contribution in [0.15, 0.2) is 6.07 Å². The van der Waals surface area contributed by atoms with Crippen molar-refractivity contribution in [2.45, 2.75) is 33.2 Å². The number of carbonyl (C=O) groups is 1. The topological polar surface area (TPSA) is 56.2 Å². The zero-order valence-electron chi connectivity index (χ0n) is 10.3. The second kappa shape index (κ2) is 4.49. The molecule has 1 atom stereocenters. The van der Waals surface area contributed by atoms with E-state index < -0.39 is 0 Å². The molecule has 0 saturated carbocycles. The first-order valence-corrected chi connectivity index (χ1v) is 6.59. The maximum atomic E-state index is 11.8. The molecular formula is C12H17N3OS. The molecule has 2 rings (SSSR count). The van der Waals surface area contributed by atoms with Gasteiger partial charge in [-0.3, -0.25) is 10.7 Å². The van der Waals surface area contributed by atoms with Gasteiger partial charge in [0.05, 0.1) is 0 Å². The van der Waals surface area contributed by atoms with Crippen molar-refractivity contribution in [2.75, 3.05) is 6.54 Å². The molecule has 0 aliphatic carbocycles. The summed E-state index contributed by atoms with van der Waals surface area (Å²) in [6.07, 6.45) is 0.902. The Balaban J connectivity index is 2.38. The lowest BCUT2D eigenvalue weighted by molar-refractivity contribution is 0.206. The molecule has 1 unspecified atom stereocenters. The van der Waals surface area contributed by atoms with Gasteiger partial charge in [-0.25, -0.2) is 4.79 Å². The van der Waals surface area contributed by atoms with E-state index in [1.54, 1.807) is 16.2 Å². The van der Waals surface area contributed by atoms with Gasteiger partial charge < -0.3 is 4.90 Å². The fraction of sp³-hybridized carbons (Fsp3) is 0.500. The molecular weight excluding hydrogens is 234 g/mol. The number of nitrogens with zero attached hydrogens (tertiary/aromatic N) is 1. The van der Waals surface area contributed by atoms with E-state index in [9.17, 15) is 4.79 Å². The summed E-state index contributed by atoms with van der Waals surface area (Å²) < 4.78 is 0. The first-order valence-electron chi connectivity index (χ1n) is 5.77. The number of urea groups is 1.